The summed E-state index contributed by atoms with van der Waals surface area (Å²) in [4.78, 5) is 16.1. The van der Waals surface area contributed by atoms with Crippen molar-refractivity contribution in [3.8, 4) is 11.5 Å². The Morgan fingerprint density at radius 1 is 1.10 bits per heavy atom. The van der Waals surface area contributed by atoms with Gasteiger partial charge in [0.2, 0.25) is 5.91 Å². The lowest BCUT2D eigenvalue weighted by Crippen LogP contribution is -2.28. The Hall–Kier alpha value is -2.99. The van der Waals surface area contributed by atoms with Gasteiger partial charge in [-0.1, -0.05) is 31.2 Å². The maximum atomic E-state index is 12.7. The van der Waals surface area contributed by atoms with Gasteiger partial charge in [0.1, 0.15) is 0 Å². The van der Waals surface area contributed by atoms with E-state index < -0.39 is 0 Å². The van der Waals surface area contributed by atoms with Crippen LogP contribution in [0.5, 0.6) is 11.5 Å². The van der Waals surface area contributed by atoms with Crippen molar-refractivity contribution >= 4 is 16.8 Å². The smallest absolute Gasteiger partial charge is 0.221 e. The summed E-state index contributed by atoms with van der Waals surface area (Å²) >= 11 is 0. The van der Waals surface area contributed by atoms with Crippen LogP contribution in [0.2, 0.25) is 0 Å². The second-order valence-corrected chi connectivity index (χ2v) is 7.15. The number of hydrogen-bond donors (Lipinski definition) is 2. The molecule has 0 aliphatic carbocycles. The van der Waals surface area contributed by atoms with Gasteiger partial charge >= 0.3 is 0 Å². The van der Waals surface area contributed by atoms with E-state index in [1.807, 2.05) is 24.4 Å². The number of carbonyl (C=O) groups is 1. The summed E-state index contributed by atoms with van der Waals surface area (Å²) in [5.41, 5.74) is 4.47. The van der Waals surface area contributed by atoms with Crippen molar-refractivity contribution in [2.45, 2.75) is 25.7 Å². The lowest BCUT2D eigenvalue weighted by molar-refractivity contribution is -0.121. The Morgan fingerprint density at radius 2 is 1.90 bits per heavy atom. The Labute approximate surface area is 177 Å². The van der Waals surface area contributed by atoms with E-state index in [-0.39, 0.29) is 11.8 Å². The normalized spacial score (nSPS) is 12.0. The van der Waals surface area contributed by atoms with E-state index in [2.05, 4.69) is 35.4 Å². The summed E-state index contributed by atoms with van der Waals surface area (Å²) in [6.45, 7) is 3.12. The van der Waals surface area contributed by atoms with Gasteiger partial charge in [0.25, 0.3) is 0 Å². The molecule has 0 fully saturated rings. The zero-order chi connectivity index (χ0) is 21.5. The largest absolute Gasteiger partial charge is 0.493 e. The topological polar surface area (TPSA) is 72.6 Å². The minimum absolute atomic E-state index is 0.0205. The van der Waals surface area contributed by atoms with Crippen LogP contribution in [0.15, 0.2) is 42.6 Å². The van der Waals surface area contributed by atoms with E-state index in [4.69, 9.17) is 14.2 Å². The van der Waals surface area contributed by atoms with Crippen molar-refractivity contribution in [3.05, 3.63) is 59.3 Å². The number of ether oxygens (including phenoxy) is 3. The number of fused-ring (bicyclic) bond motifs is 1. The van der Waals surface area contributed by atoms with Crippen LogP contribution in [-0.4, -0.2) is 45.4 Å². The Bertz CT molecular complexity index is 996. The second-order valence-electron chi connectivity index (χ2n) is 7.15. The van der Waals surface area contributed by atoms with Crippen molar-refractivity contribution in [2.24, 2.45) is 0 Å². The SMILES string of the molecule is CCc1cccc2c([C@H](CC(=O)NCCOC)c3ccc(OC)c(OC)c3)c[nH]c12. The molecular weight excluding hydrogens is 380 g/mol. The summed E-state index contributed by atoms with van der Waals surface area (Å²) in [6, 6.07) is 12.1. The van der Waals surface area contributed by atoms with Gasteiger partial charge in [0, 0.05) is 43.1 Å². The van der Waals surface area contributed by atoms with Gasteiger partial charge in [-0.25, -0.2) is 0 Å². The van der Waals surface area contributed by atoms with Crippen molar-refractivity contribution < 1.29 is 19.0 Å². The maximum Gasteiger partial charge on any atom is 0.221 e. The molecule has 1 aromatic heterocycles. The quantitative estimate of drug-likeness (QED) is 0.495. The predicted molar refractivity (Wildman–Crippen MR) is 119 cm³/mol. The number of nitrogens with one attached hydrogen (secondary N) is 2. The zero-order valence-electron chi connectivity index (χ0n) is 18.1. The van der Waals surface area contributed by atoms with Gasteiger partial charge in [-0.2, -0.15) is 0 Å². The van der Waals surface area contributed by atoms with Crippen LogP contribution in [0.3, 0.4) is 0 Å². The number of aromatic amines is 1. The molecule has 1 amide bonds. The summed E-state index contributed by atoms with van der Waals surface area (Å²) < 4.78 is 15.9. The molecule has 0 aliphatic heterocycles. The number of H-pyrrole nitrogens is 1. The third-order valence-corrected chi connectivity index (χ3v) is 5.42. The third kappa shape index (κ3) is 4.60. The predicted octanol–water partition coefficient (Wildman–Crippen LogP) is 4.03. The minimum Gasteiger partial charge on any atom is -0.493 e. The van der Waals surface area contributed by atoms with Crippen molar-refractivity contribution in [2.75, 3.05) is 34.5 Å². The molecule has 1 atom stereocenters. The minimum atomic E-state index is -0.131. The molecule has 6 heteroatoms. The summed E-state index contributed by atoms with van der Waals surface area (Å²) in [5.74, 6) is 1.16. The first-order valence-corrected chi connectivity index (χ1v) is 10.2. The zero-order valence-corrected chi connectivity index (χ0v) is 18.1. The molecule has 0 saturated carbocycles. The number of hydrogen-bond acceptors (Lipinski definition) is 4. The maximum absolute atomic E-state index is 12.7. The van der Waals surface area contributed by atoms with Crippen LogP contribution in [0.25, 0.3) is 10.9 Å². The van der Waals surface area contributed by atoms with Gasteiger partial charge in [-0.3, -0.25) is 4.79 Å². The van der Waals surface area contributed by atoms with Gasteiger partial charge in [0.15, 0.2) is 11.5 Å². The van der Waals surface area contributed by atoms with E-state index in [1.54, 1.807) is 21.3 Å². The molecule has 3 rings (SSSR count). The molecule has 0 aliphatic rings. The molecular formula is C24H30N2O4. The summed E-state index contributed by atoms with van der Waals surface area (Å²) in [7, 11) is 4.85. The average Bonchev–Trinajstić information content (AvgIpc) is 3.21. The fourth-order valence-corrected chi connectivity index (χ4v) is 3.85. The molecule has 1 heterocycles. The lowest BCUT2D eigenvalue weighted by Gasteiger charge is -2.19. The monoisotopic (exact) mass is 410 g/mol. The Kier molecular flexibility index (Phi) is 7.36. The highest BCUT2D eigenvalue weighted by atomic mass is 16.5. The molecule has 0 bridgehead atoms. The molecule has 6 nitrogen and oxygen atoms in total. The number of carbonyl (C=O) groups excluding carboxylic acids is 1. The third-order valence-electron chi connectivity index (χ3n) is 5.42. The lowest BCUT2D eigenvalue weighted by atomic mass is 9.87. The van der Waals surface area contributed by atoms with Gasteiger partial charge in [-0.05, 0) is 35.2 Å². The highest BCUT2D eigenvalue weighted by Gasteiger charge is 2.23. The molecule has 30 heavy (non-hydrogen) atoms. The number of aromatic nitrogens is 1. The van der Waals surface area contributed by atoms with Gasteiger partial charge in [-0.15, -0.1) is 0 Å². The van der Waals surface area contributed by atoms with Gasteiger partial charge < -0.3 is 24.5 Å². The van der Waals surface area contributed by atoms with Crippen molar-refractivity contribution in [3.63, 3.8) is 0 Å². The molecule has 2 N–H and O–H groups in total. The van der Waals surface area contributed by atoms with Crippen LogP contribution < -0.4 is 14.8 Å². The molecule has 0 spiro atoms. The molecule has 2 aromatic carbocycles. The number of amides is 1. The molecule has 0 radical (unpaired) electrons. The Balaban J connectivity index is 2.03. The first-order valence-electron chi connectivity index (χ1n) is 10.2. The summed E-state index contributed by atoms with van der Waals surface area (Å²) in [6.07, 6.45) is 3.28. The fourth-order valence-electron chi connectivity index (χ4n) is 3.85. The van der Waals surface area contributed by atoms with Crippen LogP contribution in [-0.2, 0) is 16.0 Å². The summed E-state index contributed by atoms with van der Waals surface area (Å²) in [5, 5.41) is 4.08. The van der Waals surface area contributed by atoms with E-state index in [0.29, 0.717) is 31.1 Å². The molecule has 160 valence electrons. The van der Waals surface area contributed by atoms with Crippen LogP contribution in [0, 0.1) is 0 Å². The Morgan fingerprint density at radius 3 is 2.60 bits per heavy atom. The first-order chi connectivity index (χ1) is 14.6. The molecule has 0 saturated heterocycles. The van der Waals surface area contributed by atoms with Crippen molar-refractivity contribution in [1.29, 1.82) is 0 Å². The van der Waals surface area contributed by atoms with E-state index in [9.17, 15) is 4.79 Å². The number of aryl methyl sites for hydroxylation is 1. The van der Waals surface area contributed by atoms with Crippen LogP contribution in [0.4, 0.5) is 0 Å². The second kappa shape index (κ2) is 10.2. The van der Waals surface area contributed by atoms with Gasteiger partial charge in [0.05, 0.1) is 20.8 Å². The van der Waals surface area contributed by atoms with Crippen LogP contribution in [0.1, 0.15) is 36.0 Å². The van der Waals surface area contributed by atoms with E-state index >= 15 is 0 Å². The van der Waals surface area contributed by atoms with Crippen LogP contribution >= 0.6 is 0 Å². The average molecular weight is 411 g/mol. The number of methoxy groups -OCH3 is 3. The highest BCUT2D eigenvalue weighted by Crippen LogP contribution is 2.38. The standard InChI is InChI=1S/C24H30N2O4/c1-5-16-7-6-8-18-20(15-26-24(16)18)19(14-23(27)25-11-12-28-2)17-9-10-21(29-3)22(13-17)30-4/h6-10,13,15,19,26H,5,11-12,14H2,1-4H3,(H,25,27)/t19-/m1/s1. The first kappa shape index (κ1) is 21.7. The van der Waals surface area contributed by atoms with Crippen molar-refractivity contribution in [1.82, 2.24) is 10.3 Å². The molecule has 0 unspecified atom stereocenters. The van der Waals surface area contributed by atoms with E-state index in [0.717, 1.165) is 28.5 Å². The number of benzene rings is 2. The highest BCUT2D eigenvalue weighted by molar-refractivity contribution is 5.88. The molecule has 3 aromatic rings. The number of para-hydroxylation sites is 1. The number of rotatable bonds is 10. The van der Waals surface area contributed by atoms with E-state index in [1.165, 1.54) is 5.56 Å². The fraction of sp³-hybridized carbons (Fsp3) is 0.375.